The predicted molar refractivity (Wildman–Crippen MR) is 81.0 cm³/mol. The minimum Gasteiger partial charge on any atom is -0.462 e. The van der Waals surface area contributed by atoms with Crippen molar-refractivity contribution in [2.24, 2.45) is 11.3 Å². The minimum atomic E-state index is -0.0996. The summed E-state index contributed by atoms with van der Waals surface area (Å²) in [6, 6.07) is 0. The van der Waals surface area contributed by atoms with Gasteiger partial charge in [-0.15, -0.1) is 5.73 Å². The largest absolute Gasteiger partial charge is 0.462 e. The fraction of sp³-hybridized carbons (Fsp3) is 0.765. The number of carbonyl (C=O) groups is 1. The van der Waals surface area contributed by atoms with E-state index in [0.717, 1.165) is 18.4 Å². The van der Waals surface area contributed by atoms with Gasteiger partial charge in [-0.25, -0.2) is 0 Å². The molecule has 0 saturated heterocycles. The molecule has 0 aromatic heterocycles. The number of ether oxygens (including phenoxy) is 1. The summed E-state index contributed by atoms with van der Waals surface area (Å²) >= 11 is 0. The number of esters is 1. The summed E-state index contributed by atoms with van der Waals surface area (Å²) in [5.41, 5.74) is 4.48. The van der Waals surface area contributed by atoms with Crippen molar-refractivity contribution in [2.45, 2.75) is 73.8 Å². The van der Waals surface area contributed by atoms with Crippen molar-refractivity contribution in [2.75, 3.05) is 0 Å². The third-order valence-corrected chi connectivity index (χ3v) is 2.88. The summed E-state index contributed by atoms with van der Waals surface area (Å²) < 4.78 is 5.47. The molecule has 1 atom stereocenters. The zero-order valence-corrected chi connectivity index (χ0v) is 13.7. The van der Waals surface area contributed by atoms with Gasteiger partial charge in [0.25, 0.3) is 0 Å². The van der Waals surface area contributed by atoms with E-state index >= 15 is 0 Å². The fourth-order valence-corrected chi connectivity index (χ4v) is 1.62. The smallest absolute Gasteiger partial charge is 0.306 e. The maximum Gasteiger partial charge on any atom is 0.306 e. The first-order valence-corrected chi connectivity index (χ1v) is 7.28. The molecular formula is C17H30O2. The van der Waals surface area contributed by atoms with Crippen molar-refractivity contribution >= 4 is 5.97 Å². The lowest BCUT2D eigenvalue weighted by molar-refractivity contribution is -0.151. The Morgan fingerprint density at radius 1 is 1.26 bits per heavy atom. The summed E-state index contributed by atoms with van der Waals surface area (Å²) in [7, 11) is 0. The highest BCUT2D eigenvalue weighted by molar-refractivity contribution is 5.69. The molecule has 2 heteroatoms. The van der Waals surface area contributed by atoms with Gasteiger partial charge < -0.3 is 4.74 Å². The van der Waals surface area contributed by atoms with Crippen LogP contribution in [0.5, 0.6) is 0 Å². The lowest BCUT2D eigenvalue weighted by Crippen LogP contribution is -2.22. The number of hydrogen-bond acceptors (Lipinski definition) is 2. The molecule has 19 heavy (non-hydrogen) atoms. The van der Waals surface area contributed by atoms with Crippen molar-refractivity contribution < 1.29 is 9.53 Å². The quantitative estimate of drug-likeness (QED) is 0.505. The molecule has 0 aromatic carbocycles. The van der Waals surface area contributed by atoms with E-state index < -0.39 is 0 Å². The van der Waals surface area contributed by atoms with Crippen LogP contribution in [0.4, 0.5) is 0 Å². The molecule has 2 nitrogen and oxygen atoms in total. The van der Waals surface area contributed by atoms with Gasteiger partial charge in [0.1, 0.15) is 6.10 Å². The Morgan fingerprint density at radius 2 is 1.84 bits per heavy atom. The lowest BCUT2D eigenvalue weighted by atomic mass is 9.96. The summed E-state index contributed by atoms with van der Waals surface area (Å²) in [6.07, 6.45) is 4.14. The Balaban J connectivity index is 4.27. The van der Waals surface area contributed by atoms with E-state index in [9.17, 15) is 4.79 Å². The van der Waals surface area contributed by atoms with E-state index in [-0.39, 0.29) is 17.5 Å². The number of hydrogen-bond donors (Lipinski definition) is 0. The molecule has 0 aliphatic rings. The highest BCUT2D eigenvalue weighted by Gasteiger charge is 2.15. The van der Waals surface area contributed by atoms with Crippen molar-refractivity contribution in [3.8, 4) is 0 Å². The molecule has 0 aromatic rings. The molecule has 0 aliphatic carbocycles. The molecule has 0 amide bonds. The Labute approximate surface area is 118 Å². The van der Waals surface area contributed by atoms with Gasteiger partial charge in [0.2, 0.25) is 0 Å². The van der Waals surface area contributed by atoms with Crippen LogP contribution in [0.3, 0.4) is 0 Å². The first kappa shape index (κ1) is 18.0. The number of carbonyl (C=O) groups excluding carboxylic acids is 1. The van der Waals surface area contributed by atoms with Crippen LogP contribution in [-0.2, 0) is 9.53 Å². The first-order chi connectivity index (χ1) is 8.65. The zero-order chi connectivity index (χ0) is 15.1. The molecule has 110 valence electrons. The Bertz CT molecular complexity index is 339. The second-order valence-corrected chi connectivity index (χ2v) is 6.62. The molecule has 0 bridgehead atoms. The standard InChI is InChI=1S/C17H30O2/c1-8-15(13(2)3)19-16(18)10-9-14(4)11-12-17(5,6)7/h12-13,15H,8-10H2,1-7H3. The maximum atomic E-state index is 11.7. The van der Waals surface area contributed by atoms with E-state index in [0.29, 0.717) is 12.3 Å². The Morgan fingerprint density at radius 3 is 2.26 bits per heavy atom. The minimum absolute atomic E-state index is 0.0434. The van der Waals surface area contributed by atoms with Crippen LogP contribution in [0.25, 0.3) is 0 Å². The van der Waals surface area contributed by atoms with Crippen molar-refractivity contribution in [1.29, 1.82) is 0 Å². The van der Waals surface area contributed by atoms with Crippen LogP contribution in [0.2, 0.25) is 0 Å². The van der Waals surface area contributed by atoms with Gasteiger partial charge in [0, 0.05) is 6.42 Å². The molecule has 0 aliphatic heterocycles. The molecule has 1 unspecified atom stereocenters. The van der Waals surface area contributed by atoms with Crippen LogP contribution in [-0.4, -0.2) is 12.1 Å². The van der Waals surface area contributed by atoms with Crippen LogP contribution in [0.1, 0.15) is 67.7 Å². The highest BCUT2D eigenvalue weighted by atomic mass is 16.5. The molecule has 0 rings (SSSR count). The molecule has 0 fully saturated rings. The number of rotatable bonds is 6. The number of allylic oxidation sites excluding steroid dienone is 1. The van der Waals surface area contributed by atoms with Crippen molar-refractivity contribution in [3.63, 3.8) is 0 Å². The summed E-state index contributed by atoms with van der Waals surface area (Å²) in [5, 5.41) is 0. The predicted octanol–water partition coefficient (Wildman–Crippen LogP) is 4.89. The zero-order valence-electron chi connectivity index (χ0n) is 13.7. The van der Waals surface area contributed by atoms with Gasteiger partial charge in [-0.1, -0.05) is 41.5 Å². The van der Waals surface area contributed by atoms with E-state index in [1.54, 1.807) is 0 Å². The summed E-state index contributed by atoms with van der Waals surface area (Å²) in [4.78, 5) is 11.7. The van der Waals surface area contributed by atoms with Crippen molar-refractivity contribution in [1.82, 2.24) is 0 Å². The molecule has 0 N–H and O–H groups in total. The van der Waals surface area contributed by atoms with Crippen LogP contribution in [0, 0.1) is 11.3 Å². The van der Waals surface area contributed by atoms with Crippen LogP contribution < -0.4 is 0 Å². The topological polar surface area (TPSA) is 26.3 Å². The van der Waals surface area contributed by atoms with Crippen LogP contribution in [0.15, 0.2) is 17.4 Å². The Hall–Kier alpha value is -1.01. The Kier molecular flexibility index (Phi) is 7.78. The molecule has 0 spiro atoms. The summed E-state index contributed by atoms with van der Waals surface area (Å²) in [6.45, 7) is 14.6. The molecule has 0 heterocycles. The SMILES string of the molecule is CCC(OC(=O)CCC(C)=C=CC(C)(C)C)C(C)C. The second kappa shape index (κ2) is 8.22. The third-order valence-electron chi connectivity index (χ3n) is 2.88. The monoisotopic (exact) mass is 266 g/mol. The fourth-order valence-electron chi connectivity index (χ4n) is 1.62. The maximum absolute atomic E-state index is 11.7. The average Bonchev–Trinajstić information content (AvgIpc) is 2.29. The molecular weight excluding hydrogens is 236 g/mol. The lowest BCUT2D eigenvalue weighted by Gasteiger charge is -2.19. The normalized spacial score (nSPS) is 12.8. The van der Waals surface area contributed by atoms with Gasteiger partial charge in [0.15, 0.2) is 0 Å². The van der Waals surface area contributed by atoms with Gasteiger partial charge in [-0.2, -0.15) is 0 Å². The van der Waals surface area contributed by atoms with E-state index in [1.807, 2.05) is 6.92 Å². The van der Waals surface area contributed by atoms with Gasteiger partial charge in [-0.05, 0) is 42.7 Å². The average molecular weight is 266 g/mol. The van der Waals surface area contributed by atoms with E-state index in [4.69, 9.17) is 4.74 Å². The van der Waals surface area contributed by atoms with Crippen molar-refractivity contribution in [3.05, 3.63) is 17.4 Å². The highest BCUT2D eigenvalue weighted by Crippen LogP contribution is 2.16. The molecule has 0 saturated carbocycles. The molecule has 0 radical (unpaired) electrons. The third kappa shape index (κ3) is 9.55. The second-order valence-electron chi connectivity index (χ2n) is 6.62. The van der Waals surface area contributed by atoms with Gasteiger partial charge >= 0.3 is 5.97 Å². The first-order valence-electron chi connectivity index (χ1n) is 7.28. The van der Waals surface area contributed by atoms with Gasteiger partial charge in [0.05, 0.1) is 0 Å². The van der Waals surface area contributed by atoms with E-state index in [1.165, 1.54) is 0 Å². The van der Waals surface area contributed by atoms with Crippen LogP contribution >= 0.6 is 0 Å². The van der Waals surface area contributed by atoms with E-state index in [2.05, 4.69) is 53.3 Å². The van der Waals surface area contributed by atoms with Gasteiger partial charge in [-0.3, -0.25) is 4.79 Å². The summed E-state index contributed by atoms with van der Waals surface area (Å²) in [5.74, 6) is 0.281.